The Hall–Kier alpha value is -1.89. The monoisotopic (exact) mass is 388 g/mol. The highest BCUT2D eigenvalue weighted by Gasteiger charge is 2.23. The highest BCUT2D eigenvalue weighted by Crippen LogP contribution is 2.34. The van der Waals surface area contributed by atoms with Crippen LogP contribution in [0.15, 0.2) is 30.5 Å². The molecule has 1 aliphatic heterocycles. The predicted molar refractivity (Wildman–Crippen MR) is 110 cm³/mol. The van der Waals surface area contributed by atoms with E-state index in [1.165, 1.54) is 16.5 Å². The van der Waals surface area contributed by atoms with Crippen molar-refractivity contribution in [3.8, 4) is 0 Å². The van der Waals surface area contributed by atoms with Gasteiger partial charge in [-0.3, -0.25) is 4.79 Å². The Kier molecular flexibility index (Phi) is 7.89. The molecule has 1 aliphatic rings. The van der Waals surface area contributed by atoms with Crippen LogP contribution in [-0.2, 0) is 20.8 Å². The Morgan fingerprint density at radius 2 is 1.93 bits per heavy atom. The molecule has 1 fully saturated rings. The van der Waals surface area contributed by atoms with Gasteiger partial charge in [0, 0.05) is 37.2 Å². The van der Waals surface area contributed by atoms with Crippen molar-refractivity contribution >= 4 is 16.9 Å². The Morgan fingerprint density at radius 1 is 1.14 bits per heavy atom. The van der Waals surface area contributed by atoms with Crippen molar-refractivity contribution in [3.63, 3.8) is 0 Å². The molecule has 1 saturated heterocycles. The zero-order valence-electron chi connectivity index (χ0n) is 16.8. The first kappa shape index (κ1) is 20.8. The molecule has 1 aromatic carbocycles. The van der Waals surface area contributed by atoms with Crippen LogP contribution < -0.4 is 0 Å². The molecule has 0 saturated carbocycles. The number of hydrogen-bond acceptors (Lipinski definition) is 4. The van der Waals surface area contributed by atoms with Crippen LogP contribution in [0.2, 0.25) is 0 Å². The highest BCUT2D eigenvalue weighted by molar-refractivity contribution is 5.84. The molecule has 1 N–H and O–H groups in total. The number of likely N-dealkylation sites (tertiary alicyclic amines) is 1. The van der Waals surface area contributed by atoms with E-state index in [1.54, 1.807) is 7.11 Å². The zero-order valence-corrected chi connectivity index (χ0v) is 16.8. The summed E-state index contributed by atoms with van der Waals surface area (Å²) in [5.74, 6) is -0.134. The molecule has 28 heavy (non-hydrogen) atoms. The fourth-order valence-corrected chi connectivity index (χ4v) is 4.11. The number of aromatic nitrogens is 1. The third-order valence-corrected chi connectivity index (χ3v) is 5.62. The second-order valence-electron chi connectivity index (χ2n) is 7.51. The van der Waals surface area contributed by atoms with E-state index in [1.807, 2.05) is 0 Å². The summed E-state index contributed by atoms with van der Waals surface area (Å²) in [7, 11) is 1.69. The number of piperidine rings is 1. The van der Waals surface area contributed by atoms with Gasteiger partial charge in [0.1, 0.15) is 0 Å². The minimum absolute atomic E-state index is 0.264. The van der Waals surface area contributed by atoms with E-state index in [0.29, 0.717) is 25.7 Å². The van der Waals surface area contributed by atoms with Gasteiger partial charge in [-0.05, 0) is 56.4 Å². The molecular weight excluding hydrogens is 356 g/mol. The number of carboxylic acid groups (broad SMARTS) is 1. The lowest BCUT2D eigenvalue weighted by molar-refractivity contribution is -0.137. The van der Waals surface area contributed by atoms with E-state index in [4.69, 9.17) is 14.6 Å². The molecular formula is C22H32N2O4. The van der Waals surface area contributed by atoms with Crippen molar-refractivity contribution in [1.29, 1.82) is 0 Å². The lowest BCUT2D eigenvalue weighted by Gasteiger charge is -2.31. The van der Waals surface area contributed by atoms with Gasteiger partial charge in [-0.1, -0.05) is 18.2 Å². The van der Waals surface area contributed by atoms with Crippen LogP contribution in [0.1, 0.15) is 37.2 Å². The molecule has 6 nitrogen and oxygen atoms in total. The minimum atomic E-state index is -0.700. The maximum atomic E-state index is 10.7. The molecule has 6 heteroatoms. The third kappa shape index (κ3) is 5.56. The van der Waals surface area contributed by atoms with E-state index in [2.05, 4.69) is 39.9 Å². The summed E-state index contributed by atoms with van der Waals surface area (Å²) in [5.41, 5.74) is 2.72. The number of ether oxygens (including phenoxy) is 2. The van der Waals surface area contributed by atoms with Crippen molar-refractivity contribution in [2.24, 2.45) is 0 Å². The molecule has 154 valence electrons. The largest absolute Gasteiger partial charge is 0.481 e. The number of methoxy groups -OCH3 is 1. The van der Waals surface area contributed by atoms with Crippen LogP contribution in [0.4, 0.5) is 0 Å². The molecule has 0 amide bonds. The van der Waals surface area contributed by atoms with Crippen LogP contribution >= 0.6 is 0 Å². The second-order valence-corrected chi connectivity index (χ2v) is 7.51. The van der Waals surface area contributed by atoms with Crippen molar-refractivity contribution < 1.29 is 19.4 Å². The van der Waals surface area contributed by atoms with Gasteiger partial charge in [0.25, 0.3) is 0 Å². The fourth-order valence-electron chi connectivity index (χ4n) is 4.11. The lowest BCUT2D eigenvalue weighted by atomic mass is 9.89. The Morgan fingerprint density at radius 3 is 2.68 bits per heavy atom. The molecule has 0 aliphatic carbocycles. The maximum Gasteiger partial charge on any atom is 0.303 e. The van der Waals surface area contributed by atoms with Gasteiger partial charge in [0.15, 0.2) is 0 Å². The molecule has 0 atom stereocenters. The number of carboxylic acids is 1. The zero-order chi connectivity index (χ0) is 19.8. The molecule has 0 radical (unpaired) electrons. The number of aliphatic carboxylic acids is 1. The number of rotatable bonds is 11. The SMILES string of the molecule is COCCOCCn1cc(C2CCN(CCCC(=O)O)CC2)c2ccccc21. The standard InChI is InChI=1S/C22H32N2O4/c1-27-15-16-28-14-13-24-17-20(19-5-2-3-6-21(19)24)18-8-11-23(12-9-18)10-4-7-22(25)26/h2-3,5-6,17-18H,4,7-16H2,1H3,(H,25,26). The van der Waals surface area contributed by atoms with E-state index in [-0.39, 0.29) is 6.42 Å². The van der Waals surface area contributed by atoms with E-state index >= 15 is 0 Å². The summed E-state index contributed by atoms with van der Waals surface area (Å²) in [6.07, 6.45) is 5.58. The van der Waals surface area contributed by atoms with Crippen LogP contribution in [-0.4, -0.2) is 67.1 Å². The van der Waals surface area contributed by atoms with E-state index in [9.17, 15) is 4.79 Å². The lowest BCUT2D eigenvalue weighted by Crippen LogP contribution is -2.33. The molecule has 0 bridgehead atoms. The molecule has 1 aromatic heterocycles. The molecule has 3 rings (SSSR count). The second kappa shape index (κ2) is 10.6. The summed E-state index contributed by atoms with van der Waals surface area (Å²) in [6, 6.07) is 8.63. The normalized spacial score (nSPS) is 16.0. The first-order valence-corrected chi connectivity index (χ1v) is 10.3. The van der Waals surface area contributed by atoms with Crippen molar-refractivity contribution in [2.75, 3.05) is 46.6 Å². The summed E-state index contributed by atoms with van der Waals surface area (Å²) in [5, 5.41) is 10.2. The third-order valence-electron chi connectivity index (χ3n) is 5.62. The minimum Gasteiger partial charge on any atom is -0.481 e. The van der Waals surface area contributed by atoms with Gasteiger partial charge in [0.2, 0.25) is 0 Å². The number of carbonyl (C=O) groups is 1. The quantitative estimate of drug-likeness (QED) is 0.598. The Labute approximate surface area is 167 Å². The van der Waals surface area contributed by atoms with E-state index < -0.39 is 5.97 Å². The molecule has 2 heterocycles. The predicted octanol–water partition coefficient (Wildman–Crippen LogP) is 3.35. The topological polar surface area (TPSA) is 63.9 Å². The van der Waals surface area contributed by atoms with E-state index in [0.717, 1.165) is 45.4 Å². The average molecular weight is 389 g/mol. The average Bonchev–Trinajstić information content (AvgIpc) is 3.07. The van der Waals surface area contributed by atoms with Gasteiger partial charge < -0.3 is 24.0 Å². The van der Waals surface area contributed by atoms with Gasteiger partial charge in [-0.15, -0.1) is 0 Å². The highest BCUT2D eigenvalue weighted by atomic mass is 16.5. The Bertz CT molecular complexity index is 750. The van der Waals surface area contributed by atoms with Gasteiger partial charge in [0.05, 0.1) is 19.8 Å². The van der Waals surface area contributed by atoms with Gasteiger partial charge in [-0.2, -0.15) is 0 Å². The van der Waals surface area contributed by atoms with Crippen LogP contribution in [0, 0.1) is 0 Å². The van der Waals surface area contributed by atoms with Crippen LogP contribution in [0.3, 0.4) is 0 Å². The summed E-state index contributed by atoms with van der Waals surface area (Å²) < 4.78 is 13.0. The van der Waals surface area contributed by atoms with Crippen molar-refractivity contribution in [3.05, 3.63) is 36.0 Å². The fraction of sp³-hybridized carbons (Fsp3) is 0.591. The number of nitrogens with zero attached hydrogens (tertiary/aromatic N) is 2. The smallest absolute Gasteiger partial charge is 0.303 e. The van der Waals surface area contributed by atoms with Gasteiger partial charge in [-0.25, -0.2) is 0 Å². The number of hydrogen-bond donors (Lipinski definition) is 1. The maximum absolute atomic E-state index is 10.7. The number of para-hydroxylation sites is 1. The van der Waals surface area contributed by atoms with Crippen molar-refractivity contribution in [1.82, 2.24) is 9.47 Å². The Balaban J connectivity index is 1.59. The number of fused-ring (bicyclic) bond motifs is 1. The summed E-state index contributed by atoms with van der Waals surface area (Å²) in [6.45, 7) is 5.76. The first-order chi connectivity index (χ1) is 13.7. The molecule has 2 aromatic rings. The summed E-state index contributed by atoms with van der Waals surface area (Å²) >= 11 is 0. The van der Waals surface area contributed by atoms with Crippen LogP contribution in [0.5, 0.6) is 0 Å². The molecule has 0 spiro atoms. The first-order valence-electron chi connectivity index (χ1n) is 10.3. The number of benzene rings is 1. The van der Waals surface area contributed by atoms with Crippen molar-refractivity contribution in [2.45, 2.75) is 38.1 Å². The molecule has 0 unspecified atom stereocenters. The van der Waals surface area contributed by atoms with Gasteiger partial charge >= 0.3 is 5.97 Å². The van der Waals surface area contributed by atoms with Crippen LogP contribution in [0.25, 0.3) is 10.9 Å². The summed E-state index contributed by atoms with van der Waals surface area (Å²) in [4.78, 5) is 13.1.